The topological polar surface area (TPSA) is 6.48 Å². The first kappa shape index (κ1) is 31.2. The van der Waals surface area contributed by atoms with Gasteiger partial charge in [-0.25, -0.2) is 0 Å². The Kier molecular flexibility index (Phi) is 7.43. The minimum absolute atomic E-state index is 0.221. The van der Waals surface area contributed by atoms with Crippen molar-refractivity contribution in [3.8, 4) is 11.1 Å². The molecule has 0 radical (unpaired) electrons. The van der Waals surface area contributed by atoms with Crippen LogP contribution in [0, 0.1) is 0 Å². The van der Waals surface area contributed by atoms with Gasteiger partial charge in [-0.3, -0.25) is 0 Å². The van der Waals surface area contributed by atoms with Gasteiger partial charge in [0.2, 0.25) is 0 Å². The number of para-hydroxylation sites is 3. The molecule has 1 atom stereocenters. The van der Waals surface area contributed by atoms with E-state index in [9.17, 15) is 5.48 Å². The maximum Gasteiger partial charge on any atom is 0.0720 e. The molecular weight excluding hydrogens is 769 g/mol. The first-order chi connectivity index (χ1) is 32.8. The largest absolute Gasteiger partial charge is 0.310 e. The molecule has 0 saturated heterocycles. The first-order valence-corrected chi connectivity index (χ1v) is 21.7. The zero-order valence-electron chi connectivity index (χ0n) is 38.5. The lowest BCUT2D eigenvalue weighted by Gasteiger charge is -2.35. The second-order valence-corrected chi connectivity index (χ2v) is 16.8. The zero-order valence-corrected chi connectivity index (χ0v) is 34.3. The van der Waals surface area contributed by atoms with Crippen molar-refractivity contribution in [3.63, 3.8) is 0 Å². The van der Waals surface area contributed by atoms with Crippen LogP contribution in [0.5, 0.6) is 0 Å². The number of anilines is 6. The van der Waals surface area contributed by atoms with Crippen LogP contribution < -0.4 is 9.80 Å². The highest BCUT2D eigenvalue weighted by Crippen LogP contribution is 2.60. The second-order valence-electron chi connectivity index (χ2n) is 15.7. The number of hydrogen-bond donors (Lipinski definition) is 0. The lowest BCUT2D eigenvalue weighted by Crippen LogP contribution is -2.29. The average Bonchev–Trinajstić information content (AvgIpc) is 3.90. The summed E-state index contributed by atoms with van der Waals surface area (Å²) < 4.78 is 49.0. The molecule has 12 rings (SSSR count). The molecule has 0 bridgehead atoms. The Morgan fingerprint density at radius 1 is 0.371 bits per heavy atom. The molecule has 0 saturated carbocycles. The number of benzene rings is 10. The van der Waals surface area contributed by atoms with Crippen molar-refractivity contribution >= 4 is 76.4 Å². The van der Waals surface area contributed by atoms with Crippen molar-refractivity contribution in [1.82, 2.24) is 0 Å². The van der Waals surface area contributed by atoms with E-state index in [2.05, 4.69) is 161 Å². The van der Waals surface area contributed by atoms with Gasteiger partial charge >= 0.3 is 0 Å². The van der Waals surface area contributed by atoms with Crippen LogP contribution in [0.25, 0.3) is 42.1 Å². The van der Waals surface area contributed by atoms with Gasteiger partial charge in [-0.05, 0) is 129 Å². The number of hydrogen-bond acceptors (Lipinski definition) is 3. The number of nitrogens with zero attached hydrogens (tertiary/aromatic N) is 2. The fraction of sp³-hybridized carbons (Fsp3) is 0.0169. The molecule has 11 aromatic rings. The van der Waals surface area contributed by atoms with E-state index in [4.69, 9.17) is 1.37 Å². The van der Waals surface area contributed by atoms with Crippen LogP contribution in [0.4, 0.5) is 34.1 Å². The highest BCUT2D eigenvalue weighted by atomic mass is 32.1. The van der Waals surface area contributed by atoms with E-state index >= 15 is 0 Å². The van der Waals surface area contributed by atoms with Crippen LogP contribution in [0.3, 0.4) is 0 Å². The summed E-state index contributed by atoms with van der Waals surface area (Å²) in [4.78, 5) is 4.51. The first-order valence-electron chi connectivity index (χ1n) is 23.3. The van der Waals surface area contributed by atoms with Gasteiger partial charge in [0.25, 0.3) is 0 Å². The zero-order chi connectivity index (χ0) is 45.4. The van der Waals surface area contributed by atoms with Gasteiger partial charge < -0.3 is 9.80 Å². The van der Waals surface area contributed by atoms with E-state index in [1.165, 1.54) is 0 Å². The van der Waals surface area contributed by atoms with E-state index in [0.717, 1.165) is 92.9 Å². The Bertz CT molecular complexity index is 3660. The van der Waals surface area contributed by atoms with E-state index in [-0.39, 0.29) is 29.7 Å². The fourth-order valence-corrected chi connectivity index (χ4v) is 10.9. The van der Waals surface area contributed by atoms with Crippen molar-refractivity contribution in [2.45, 2.75) is 5.41 Å². The van der Waals surface area contributed by atoms with E-state index in [1.807, 2.05) is 60.7 Å². The van der Waals surface area contributed by atoms with Gasteiger partial charge in [0.1, 0.15) is 0 Å². The summed E-state index contributed by atoms with van der Waals surface area (Å²) in [5, 5.41) is 4.32. The third-order valence-electron chi connectivity index (χ3n) is 12.3. The van der Waals surface area contributed by atoms with Crippen molar-refractivity contribution in [3.05, 3.63) is 265 Å². The van der Waals surface area contributed by atoms with Crippen LogP contribution in [0.15, 0.2) is 243 Å². The van der Waals surface area contributed by atoms with Crippen LogP contribution in [-0.4, -0.2) is 0 Å². The molecule has 0 spiro atoms. The molecule has 1 unspecified atom stereocenters. The SMILES string of the molecule is [2H]c1c([2H])c([2H])c(C2(c3cccc4sc5ccccc5c34)c3ccc(N(c4ccccc4)c4ccccc4)cc3-c3cc(N(c4ccccc4)c4ccc5ccccc5c4)ccc32)c([2H])c1[2H]. The lowest BCUT2D eigenvalue weighted by molar-refractivity contribution is 0.777. The molecule has 1 aromatic heterocycles. The van der Waals surface area contributed by atoms with Gasteiger partial charge in [0, 0.05) is 54.3 Å². The Morgan fingerprint density at radius 2 is 0.871 bits per heavy atom. The molecular formula is C59H40N2S. The van der Waals surface area contributed by atoms with E-state index < -0.39 is 11.5 Å². The number of fused-ring (bicyclic) bond motifs is 7. The van der Waals surface area contributed by atoms with E-state index in [1.54, 1.807) is 11.3 Å². The quantitative estimate of drug-likeness (QED) is 0.151. The van der Waals surface area contributed by atoms with Gasteiger partial charge in [-0.1, -0.05) is 158 Å². The van der Waals surface area contributed by atoms with Gasteiger partial charge in [0.15, 0.2) is 0 Å². The smallest absolute Gasteiger partial charge is 0.0720 e. The summed E-state index contributed by atoms with van der Waals surface area (Å²) in [5.74, 6) is 0. The predicted octanol–water partition coefficient (Wildman–Crippen LogP) is 16.5. The third kappa shape index (κ3) is 5.70. The molecule has 0 aliphatic heterocycles. The Balaban J connectivity index is 1.23. The highest BCUT2D eigenvalue weighted by Gasteiger charge is 2.47. The summed E-state index contributed by atoms with van der Waals surface area (Å²) >= 11 is 1.70. The van der Waals surface area contributed by atoms with Gasteiger partial charge in [-0.2, -0.15) is 0 Å². The summed E-state index contributed by atoms with van der Waals surface area (Å²) in [6.45, 7) is 0. The standard InChI is InChI=1S/C59H40N2S/c1-5-20-43(21-6-1)59(55-29-17-31-57-58(55)50-28-15-16-30-56(50)62-57)53-36-34-48(60(44-22-7-2-8-23-44)45-24-9-3-10-25-45)39-51(53)52-40-49(35-37-54(52)59)61(46-26-11-4-12-27-46)47-33-32-41-18-13-14-19-42(41)38-47/h1-40H/i1D,5D,6D,20D,21D. The van der Waals surface area contributed by atoms with Gasteiger partial charge in [0.05, 0.1) is 12.3 Å². The number of rotatable bonds is 8. The molecule has 292 valence electrons. The maximum absolute atomic E-state index is 9.84. The third-order valence-corrected chi connectivity index (χ3v) is 13.5. The molecule has 2 nitrogen and oxygen atoms in total. The van der Waals surface area contributed by atoms with Crippen molar-refractivity contribution in [1.29, 1.82) is 0 Å². The molecule has 10 aromatic carbocycles. The van der Waals surface area contributed by atoms with Crippen LogP contribution in [-0.2, 0) is 5.41 Å². The number of thiophene rings is 1. The molecule has 3 heteroatoms. The lowest BCUT2D eigenvalue weighted by atomic mass is 9.66. The molecule has 0 N–H and O–H groups in total. The summed E-state index contributed by atoms with van der Waals surface area (Å²) in [6.07, 6.45) is 0. The second kappa shape index (κ2) is 14.8. The highest BCUT2D eigenvalue weighted by molar-refractivity contribution is 7.25. The van der Waals surface area contributed by atoms with Crippen LogP contribution in [0.2, 0.25) is 0 Å². The fourth-order valence-electron chi connectivity index (χ4n) is 9.75. The molecule has 1 aliphatic rings. The Hall–Kier alpha value is -7.72. The van der Waals surface area contributed by atoms with Crippen LogP contribution in [0.1, 0.15) is 29.1 Å². The Labute approximate surface area is 372 Å². The molecule has 62 heavy (non-hydrogen) atoms. The van der Waals surface area contributed by atoms with Crippen molar-refractivity contribution < 1.29 is 6.85 Å². The average molecular weight is 814 g/mol. The molecule has 1 aliphatic carbocycles. The molecule has 0 fully saturated rings. The summed E-state index contributed by atoms with van der Waals surface area (Å²) in [5.41, 5.74) is 8.97. The van der Waals surface area contributed by atoms with E-state index in [0.29, 0.717) is 0 Å². The maximum atomic E-state index is 9.84. The Morgan fingerprint density at radius 3 is 1.50 bits per heavy atom. The van der Waals surface area contributed by atoms with Crippen molar-refractivity contribution in [2.75, 3.05) is 9.80 Å². The van der Waals surface area contributed by atoms with Gasteiger partial charge in [-0.15, -0.1) is 11.3 Å². The molecule has 0 amide bonds. The summed E-state index contributed by atoms with van der Waals surface area (Å²) in [7, 11) is 0. The van der Waals surface area contributed by atoms with Crippen molar-refractivity contribution in [2.24, 2.45) is 0 Å². The molecule has 1 heterocycles. The summed E-state index contributed by atoms with van der Waals surface area (Å²) in [6, 6.07) is 71.9. The minimum atomic E-state index is -1.36. The predicted molar refractivity (Wildman–Crippen MR) is 264 cm³/mol. The monoisotopic (exact) mass is 813 g/mol. The normalized spacial score (nSPS) is 15.3. The van der Waals surface area contributed by atoms with Crippen LogP contribution >= 0.6 is 11.3 Å². The minimum Gasteiger partial charge on any atom is -0.310 e.